The van der Waals surface area contributed by atoms with Crippen molar-refractivity contribution in [1.82, 2.24) is 4.90 Å². The van der Waals surface area contributed by atoms with Crippen LogP contribution in [-0.2, 0) is 14.3 Å². The van der Waals surface area contributed by atoms with Crippen LogP contribution >= 0.6 is 23.2 Å². The number of likely N-dealkylation sites (tertiary alicyclic amines) is 1. The Morgan fingerprint density at radius 2 is 1.52 bits per heavy atom. The van der Waals surface area contributed by atoms with Gasteiger partial charge < -0.3 is 4.74 Å². The average Bonchev–Trinajstić information content (AvgIpc) is 3.53. The standard InChI is InChI=1S/C25H19Cl2NO5/c26-12-9-10-16(17(27)11-12)20-18-19(24(32)28(23(18)31)13-5-1-2-6-13)25(33-20)21(29)14-7-3-4-8-15(14)22(25)30/h3-4,7-11,13,18-20H,1-2,5-6H2/t18-,19+,20+/m0/s1. The third kappa shape index (κ3) is 2.66. The lowest BCUT2D eigenvalue weighted by atomic mass is 9.77. The van der Waals surface area contributed by atoms with E-state index < -0.39 is 46.9 Å². The molecule has 2 heterocycles. The molecular formula is C25H19Cl2NO5. The van der Waals surface area contributed by atoms with Crippen molar-refractivity contribution < 1.29 is 23.9 Å². The zero-order chi connectivity index (χ0) is 23.1. The van der Waals surface area contributed by atoms with Gasteiger partial charge in [-0.3, -0.25) is 24.1 Å². The van der Waals surface area contributed by atoms with Crippen LogP contribution in [0.5, 0.6) is 0 Å². The summed E-state index contributed by atoms with van der Waals surface area (Å²) >= 11 is 12.5. The highest BCUT2D eigenvalue weighted by molar-refractivity contribution is 6.36. The predicted octanol–water partition coefficient (Wildman–Crippen LogP) is 4.43. The van der Waals surface area contributed by atoms with Gasteiger partial charge in [-0.15, -0.1) is 0 Å². The molecule has 2 saturated heterocycles. The molecule has 2 amide bonds. The smallest absolute Gasteiger partial charge is 0.237 e. The number of Topliss-reactive ketones (excluding diaryl/α,β-unsaturated/α-hetero) is 2. The molecule has 2 aromatic rings. The molecule has 8 heteroatoms. The van der Waals surface area contributed by atoms with Crippen LogP contribution < -0.4 is 0 Å². The summed E-state index contributed by atoms with van der Waals surface area (Å²) < 4.78 is 6.25. The van der Waals surface area contributed by atoms with E-state index in [1.807, 2.05) is 0 Å². The second-order valence-electron chi connectivity index (χ2n) is 9.13. The Bertz CT molecular complexity index is 1220. The number of nitrogens with zero attached hydrogens (tertiary/aromatic N) is 1. The molecule has 0 N–H and O–H groups in total. The van der Waals surface area contributed by atoms with Crippen molar-refractivity contribution in [1.29, 1.82) is 0 Å². The van der Waals surface area contributed by atoms with E-state index in [0.29, 0.717) is 10.6 Å². The van der Waals surface area contributed by atoms with Crippen LogP contribution in [0.25, 0.3) is 0 Å². The molecule has 6 rings (SSSR count). The van der Waals surface area contributed by atoms with Crippen LogP contribution in [0, 0.1) is 11.8 Å². The average molecular weight is 484 g/mol. The molecule has 6 nitrogen and oxygen atoms in total. The van der Waals surface area contributed by atoms with E-state index in [1.54, 1.807) is 36.4 Å². The Kier molecular flexibility index (Phi) is 4.60. The van der Waals surface area contributed by atoms with Crippen molar-refractivity contribution in [3.63, 3.8) is 0 Å². The number of carbonyl (C=O) groups excluding carboxylic acids is 4. The molecule has 3 fully saturated rings. The summed E-state index contributed by atoms with van der Waals surface area (Å²) in [5.74, 6) is -4.28. The molecule has 1 saturated carbocycles. The Hall–Kier alpha value is -2.54. The lowest BCUT2D eigenvalue weighted by Crippen LogP contribution is -2.51. The summed E-state index contributed by atoms with van der Waals surface area (Å²) in [7, 11) is 0. The van der Waals surface area contributed by atoms with Crippen LogP contribution in [0.15, 0.2) is 42.5 Å². The van der Waals surface area contributed by atoms with Gasteiger partial charge in [-0.05, 0) is 25.0 Å². The highest BCUT2D eigenvalue weighted by Crippen LogP contribution is 2.58. The monoisotopic (exact) mass is 483 g/mol. The van der Waals surface area contributed by atoms with Crippen LogP contribution in [0.4, 0.5) is 0 Å². The first kappa shape index (κ1) is 21.0. The minimum absolute atomic E-state index is 0.212. The van der Waals surface area contributed by atoms with E-state index in [1.165, 1.54) is 11.0 Å². The summed E-state index contributed by atoms with van der Waals surface area (Å²) in [6.07, 6.45) is 2.27. The van der Waals surface area contributed by atoms with Crippen molar-refractivity contribution in [2.45, 2.75) is 43.4 Å². The summed E-state index contributed by atoms with van der Waals surface area (Å²) in [4.78, 5) is 56.2. The molecule has 0 bridgehead atoms. The number of halogens is 2. The molecule has 2 aliphatic heterocycles. The molecule has 0 aromatic heterocycles. The van der Waals surface area contributed by atoms with E-state index in [2.05, 4.69) is 0 Å². The number of ether oxygens (including phenoxy) is 1. The number of amides is 2. The number of carbonyl (C=O) groups is 4. The van der Waals surface area contributed by atoms with Gasteiger partial charge in [0.1, 0.15) is 0 Å². The molecule has 2 aromatic carbocycles. The summed E-state index contributed by atoms with van der Waals surface area (Å²) in [6, 6.07) is 11.0. The first-order valence-electron chi connectivity index (χ1n) is 11.0. The zero-order valence-corrected chi connectivity index (χ0v) is 18.9. The third-order valence-corrected chi connectivity index (χ3v) is 8.07. The highest BCUT2D eigenvalue weighted by Gasteiger charge is 2.75. The number of rotatable bonds is 2. The highest BCUT2D eigenvalue weighted by atomic mass is 35.5. The summed E-state index contributed by atoms with van der Waals surface area (Å²) in [6.45, 7) is 0. The van der Waals surface area contributed by atoms with Crippen molar-refractivity contribution in [2.75, 3.05) is 0 Å². The van der Waals surface area contributed by atoms with Crippen LogP contribution in [0.1, 0.15) is 58.1 Å². The van der Waals surface area contributed by atoms with Gasteiger partial charge in [0.15, 0.2) is 0 Å². The van der Waals surface area contributed by atoms with Gasteiger partial charge >= 0.3 is 0 Å². The van der Waals surface area contributed by atoms with E-state index in [0.717, 1.165) is 25.7 Å². The minimum Gasteiger partial charge on any atom is -0.349 e. The Morgan fingerprint density at radius 1 is 0.879 bits per heavy atom. The van der Waals surface area contributed by atoms with Crippen molar-refractivity contribution in [2.24, 2.45) is 11.8 Å². The van der Waals surface area contributed by atoms with Gasteiger partial charge in [-0.25, -0.2) is 0 Å². The SMILES string of the molecule is O=C1[C@@H]2[C@@H](c3ccc(Cl)cc3Cl)OC3(C(=O)c4ccccc4C3=O)[C@H]2C(=O)N1C1CCCC1. The van der Waals surface area contributed by atoms with Crippen molar-refractivity contribution in [3.8, 4) is 0 Å². The quantitative estimate of drug-likeness (QED) is 0.466. The first-order chi connectivity index (χ1) is 15.9. The fourth-order valence-electron chi connectivity index (χ4n) is 6.08. The largest absolute Gasteiger partial charge is 0.349 e. The molecule has 4 aliphatic rings. The van der Waals surface area contributed by atoms with E-state index in [4.69, 9.17) is 27.9 Å². The van der Waals surface area contributed by atoms with Gasteiger partial charge in [-0.2, -0.15) is 0 Å². The summed E-state index contributed by atoms with van der Waals surface area (Å²) in [5.41, 5.74) is -1.21. The summed E-state index contributed by atoms with van der Waals surface area (Å²) in [5, 5.41) is 0.646. The first-order valence-corrected chi connectivity index (χ1v) is 11.8. The van der Waals surface area contributed by atoms with E-state index in [9.17, 15) is 19.2 Å². The molecule has 0 unspecified atom stereocenters. The number of ketones is 2. The lowest BCUT2D eigenvalue weighted by molar-refractivity contribution is -0.147. The number of fused-ring (bicyclic) bond motifs is 3. The van der Waals surface area contributed by atoms with Crippen molar-refractivity contribution >= 4 is 46.6 Å². The Balaban J connectivity index is 1.54. The second-order valence-corrected chi connectivity index (χ2v) is 9.98. The topological polar surface area (TPSA) is 80.8 Å². The second kappa shape index (κ2) is 7.23. The number of imide groups is 1. The van der Waals surface area contributed by atoms with Gasteiger partial charge in [-0.1, -0.05) is 66.4 Å². The maximum atomic E-state index is 13.8. The van der Waals surface area contributed by atoms with Gasteiger partial charge in [0.05, 0.1) is 17.9 Å². The van der Waals surface area contributed by atoms with E-state index >= 15 is 0 Å². The zero-order valence-electron chi connectivity index (χ0n) is 17.4. The Morgan fingerprint density at radius 3 is 2.12 bits per heavy atom. The van der Waals surface area contributed by atoms with Crippen LogP contribution in [0.2, 0.25) is 10.0 Å². The molecule has 2 aliphatic carbocycles. The molecular weight excluding hydrogens is 465 g/mol. The molecule has 0 radical (unpaired) electrons. The molecule has 168 valence electrons. The number of hydrogen-bond acceptors (Lipinski definition) is 5. The van der Waals surface area contributed by atoms with Gasteiger partial charge in [0.2, 0.25) is 29.0 Å². The van der Waals surface area contributed by atoms with Crippen molar-refractivity contribution in [3.05, 3.63) is 69.2 Å². The fraction of sp³-hybridized carbons (Fsp3) is 0.360. The maximum Gasteiger partial charge on any atom is 0.237 e. The predicted molar refractivity (Wildman–Crippen MR) is 119 cm³/mol. The Labute approximate surface area is 199 Å². The van der Waals surface area contributed by atoms with Gasteiger partial charge in [0.25, 0.3) is 0 Å². The van der Waals surface area contributed by atoms with E-state index in [-0.39, 0.29) is 22.2 Å². The van der Waals surface area contributed by atoms with Crippen LogP contribution in [-0.4, -0.2) is 39.9 Å². The third-order valence-electron chi connectivity index (χ3n) is 7.51. The lowest BCUT2D eigenvalue weighted by Gasteiger charge is -2.29. The maximum absolute atomic E-state index is 13.8. The molecule has 33 heavy (non-hydrogen) atoms. The number of benzene rings is 2. The number of hydrogen-bond donors (Lipinski definition) is 0. The van der Waals surface area contributed by atoms with Crippen LogP contribution in [0.3, 0.4) is 0 Å². The molecule has 3 atom stereocenters. The van der Waals surface area contributed by atoms with Gasteiger partial charge in [0, 0.05) is 32.8 Å². The normalized spacial score (nSPS) is 28.3. The fourth-order valence-corrected chi connectivity index (χ4v) is 6.59. The minimum atomic E-state index is -2.07. The molecule has 1 spiro atoms.